The molecule has 0 saturated carbocycles. The molecule has 0 bridgehead atoms. The van der Waals surface area contributed by atoms with Crippen molar-refractivity contribution >= 4 is 23.9 Å². The molecule has 120 valence electrons. The van der Waals surface area contributed by atoms with Crippen molar-refractivity contribution in [2.24, 2.45) is 0 Å². The molecule has 1 N–H and O–H groups in total. The first-order valence-electron chi connectivity index (χ1n) is 6.24. The Morgan fingerprint density at radius 1 is 1.10 bits per heavy atom. The normalized spacial score (nSPS) is 13.8. The Balaban J connectivity index is 4.64. The monoisotopic (exact) mass is 304 g/mol. The molecule has 0 saturated heterocycles. The summed E-state index contributed by atoms with van der Waals surface area (Å²) in [6, 6.07) is 0. The lowest BCUT2D eigenvalue weighted by Crippen LogP contribution is -2.36. The van der Waals surface area contributed by atoms with Crippen molar-refractivity contribution in [3.63, 3.8) is 0 Å². The van der Waals surface area contributed by atoms with Crippen LogP contribution in [0.25, 0.3) is 0 Å². The van der Waals surface area contributed by atoms with Crippen LogP contribution in [0.4, 0.5) is 0 Å². The number of aliphatic carboxylic acids is 1. The third kappa shape index (κ3) is 8.61. The second-order valence-corrected chi connectivity index (χ2v) is 5.31. The Kier molecular flexibility index (Phi) is 6.84. The first-order chi connectivity index (χ1) is 9.42. The molecule has 2 atom stereocenters. The fraction of sp³-hybridized carbons (Fsp3) is 0.692. The Hall–Kier alpha value is -2.12. The second kappa shape index (κ2) is 7.61. The molecule has 0 amide bonds. The summed E-state index contributed by atoms with van der Waals surface area (Å²) < 4.78 is 14.1. The van der Waals surface area contributed by atoms with Gasteiger partial charge in [-0.3, -0.25) is 9.59 Å². The van der Waals surface area contributed by atoms with Gasteiger partial charge in [0.05, 0.1) is 6.42 Å². The van der Waals surface area contributed by atoms with Gasteiger partial charge in [-0.05, 0) is 27.7 Å². The average molecular weight is 304 g/mol. The van der Waals surface area contributed by atoms with E-state index >= 15 is 0 Å². The average Bonchev–Trinajstić information content (AvgIpc) is 2.23. The number of rotatable bonds is 6. The molecular weight excluding hydrogens is 284 g/mol. The second-order valence-electron chi connectivity index (χ2n) is 5.31. The van der Waals surface area contributed by atoms with Crippen LogP contribution in [-0.2, 0) is 33.4 Å². The smallest absolute Gasteiger partial charge is 0.348 e. The molecule has 8 nitrogen and oxygen atoms in total. The van der Waals surface area contributed by atoms with E-state index in [1.165, 1.54) is 6.92 Å². The molecule has 0 aromatic heterocycles. The zero-order valence-corrected chi connectivity index (χ0v) is 12.7. The van der Waals surface area contributed by atoms with Crippen molar-refractivity contribution < 1.29 is 38.5 Å². The van der Waals surface area contributed by atoms with Crippen LogP contribution in [0.1, 0.15) is 41.0 Å². The van der Waals surface area contributed by atoms with Crippen LogP contribution in [0.5, 0.6) is 0 Å². The molecule has 2 unspecified atom stereocenters. The molecular formula is C13H20O8. The molecule has 0 rings (SSSR count). The van der Waals surface area contributed by atoms with E-state index in [0.717, 1.165) is 6.92 Å². The zero-order chi connectivity index (χ0) is 16.8. The lowest BCUT2D eigenvalue weighted by Gasteiger charge is -2.21. The van der Waals surface area contributed by atoms with Crippen molar-refractivity contribution in [3.05, 3.63) is 0 Å². The molecule has 0 aromatic rings. The molecule has 0 heterocycles. The third-order valence-electron chi connectivity index (χ3n) is 1.98. The summed E-state index contributed by atoms with van der Waals surface area (Å²) in [5, 5.41) is 8.94. The highest BCUT2D eigenvalue weighted by molar-refractivity contribution is 5.85. The van der Waals surface area contributed by atoms with E-state index in [1.54, 1.807) is 20.8 Å². The highest BCUT2D eigenvalue weighted by Gasteiger charge is 2.30. The van der Waals surface area contributed by atoms with Gasteiger partial charge in [-0.1, -0.05) is 0 Å². The van der Waals surface area contributed by atoms with Crippen LogP contribution < -0.4 is 0 Å². The number of carboxylic acids is 1. The van der Waals surface area contributed by atoms with E-state index < -0.39 is 48.1 Å². The maximum atomic E-state index is 11.5. The molecule has 21 heavy (non-hydrogen) atoms. The molecule has 0 radical (unpaired) electrons. The van der Waals surface area contributed by atoms with Crippen molar-refractivity contribution in [1.82, 2.24) is 0 Å². The van der Waals surface area contributed by atoms with Crippen LogP contribution in [0.2, 0.25) is 0 Å². The van der Waals surface area contributed by atoms with Gasteiger partial charge in [0.1, 0.15) is 5.60 Å². The largest absolute Gasteiger partial charge is 0.478 e. The Morgan fingerprint density at radius 2 is 1.62 bits per heavy atom. The molecule has 0 aliphatic rings. The van der Waals surface area contributed by atoms with Crippen LogP contribution in [0.3, 0.4) is 0 Å². The first-order valence-corrected chi connectivity index (χ1v) is 6.24. The van der Waals surface area contributed by atoms with Gasteiger partial charge in [-0.15, -0.1) is 0 Å². The fourth-order valence-electron chi connectivity index (χ4n) is 1.25. The summed E-state index contributed by atoms with van der Waals surface area (Å²) in [6.45, 7) is 7.19. The minimum Gasteiger partial charge on any atom is -0.478 e. The van der Waals surface area contributed by atoms with Crippen LogP contribution in [0.15, 0.2) is 0 Å². The maximum Gasteiger partial charge on any atom is 0.348 e. The van der Waals surface area contributed by atoms with Crippen LogP contribution in [0, 0.1) is 0 Å². The van der Waals surface area contributed by atoms with Gasteiger partial charge in [-0.2, -0.15) is 0 Å². The highest BCUT2D eigenvalue weighted by Crippen LogP contribution is 2.11. The standard InChI is InChI=1S/C13H20O8/c1-7(19-8(2)14)12(18)20-9(11(16)17)6-10(15)21-13(3,4)5/h7,9H,6H2,1-5H3,(H,16,17). The molecule has 0 aromatic carbocycles. The summed E-state index contributed by atoms with van der Waals surface area (Å²) in [5.74, 6) is -4.08. The van der Waals surface area contributed by atoms with Gasteiger partial charge in [0.2, 0.25) is 6.10 Å². The van der Waals surface area contributed by atoms with E-state index in [4.69, 9.17) is 9.84 Å². The molecule has 8 heteroatoms. The van der Waals surface area contributed by atoms with E-state index in [-0.39, 0.29) is 0 Å². The number of carbonyl (C=O) groups excluding carboxylic acids is 3. The van der Waals surface area contributed by atoms with Crippen molar-refractivity contribution in [2.45, 2.75) is 58.8 Å². The van der Waals surface area contributed by atoms with Crippen LogP contribution >= 0.6 is 0 Å². The number of ether oxygens (including phenoxy) is 3. The van der Waals surface area contributed by atoms with Gasteiger partial charge in [-0.25, -0.2) is 9.59 Å². The minimum atomic E-state index is -1.70. The molecule has 0 aliphatic heterocycles. The highest BCUT2D eigenvalue weighted by atomic mass is 16.6. The number of hydrogen-bond donors (Lipinski definition) is 1. The van der Waals surface area contributed by atoms with E-state index in [1.807, 2.05) is 0 Å². The van der Waals surface area contributed by atoms with Crippen molar-refractivity contribution in [3.8, 4) is 0 Å². The SMILES string of the molecule is CC(=O)OC(C)C(=O)OC(CC(=O)OC(C)(C)C)C(=O)O. The molecule has 0 aliphatic carbocycles. The lowest BCUT2D eigenvalue weighted by atomic mass is 10.2. The van der Waals surface area contributed by atoms with Crippen LogP contribution in [-0.4, -0.2) is 46.8 Å². The summed E-state index contributed by atoms with van der Waals surface area (Å²) in [5.41, 5.74) is -0.783. The summed E-state index contributed by atoms with van der Waals surface area (Å²) in [6.07, 6.45) is -3.60. The summed E-state index contributed by atoms with van der Waals surface area (Å²) >= 11 is 0. The number of hydrogen-bond acceptors (Lipinski definition) is 7. The van der Waals surface area contributed by atoms with E-state index in [0.29, 0.717) is 0 Å². The van der Waals surface area contributed by atoms with Crippen molar-refractivity contribution in [2.75, 3.05) is 0 Å². The number of carbonyl (C=O) groups is 4. The number of carboxylic acid groups (broad SMARTS) is 1. The Morgan fingerprint density at radius 3 is 2.00 bits per heavy atom. The summed E-state index contributed by atoms with van der Waals surface area (Å²) in [7, 11) is 0. The summed E-state index contributed by atoms with van der Waals surface area (Å²) in [4.78, 5) is 44.8. The predicted octanol–water partition coefficient (Wildman–Crippen LogP) is 0.666. The Labute approximate surface area is 122 Å². The zero-order valence-electron chi connectivity index (χ0n) is 12.7. The van der Waals surface area contributed by atoms with Crippen molar-refractivity contribution in [1.29, 1.82) is 0 Å². The maximum absolute atomic E-state index is 11.5. The quantitative estimate of drug-likeness (QED) is 0.562. The van der Waals surface area contributed by atoms with Gasteiger partial charge < -0.3 is 19.3 Å². The van der Waals surface area contributed by atoms with Gasteiger partial charge in [0.15, 0.2) is 6.10 Å². The van der Waals surface area contributed by atoms with E-state index in [2.05, 4.69) is 9.47 Å². The third-order valence-corrected chi connectivity index (χ3v) is 1.98. The molecule has 0 spiro atoms. The predicted molar refractivity (Wildman–Crippen MR) is 69.2 cm³/mol. The van der Waals surface area contributed by atoms with Gasteiger partial charge >= 0.3 is 23.9 Å². The van der Waals surface area contributed by atoms with Gasteiger partial charge in [0, 0.05) is 6.92 Å². The van der Waals surface area contributed by atoms with E-state index in [9.17, 15) is 19.2 Å². The fourth-order valence-corrected chi connectivity index (χ4v) is 1.25. The topological polar surface area (TPSA) is 116 Å². The minimum absolute atomic E-state index is 0.634. The number of esters is 3. The lowest BCUT2D eigenvalue weighted by molar-refractivity contribution is -0.179. The first kappa shape index (κ1) is 18.9. The Bertz CT molecular complexity index is 420. The van der Waals surface area contributed by atoms with Gasteiger partial charge in [0.25, 0.3) is 0 Å². The molecule has 0 fully saturated rings.